The quantitative estimate of drug-likeness (QED) is 0.0313. The Morgan fingerprint density at radius 3 is 1.95 bits per heavy atom. The molecule has 594 valence electrons. The van der Waals surface area contributed by atoms with Crippen molar-refractivity contribution in [2.24, 2.45) is 59.0 Å². The van der Waals surface area contributed by atoms with Crippen LogP contribution in [0, 0.1) is 53.3 Å². The third-order valence-corrected chi connectivity index (χ3v) is 22.3. The number of Topliss-reactive ketones (excluding diaryl/α,β-unsaturated/α-hetero) is 4. The van der Waals surface area contributed by atoms with Crippen LogP contribution in [0.15, 0.2) is 66.7 Å². The van der Waals surface area contributed by atoms with Crippen LogP contribution in [0.5, 0.6) is 0 Å². The van der Waals surface area contributed by atoms with Crippen LogP contribution in [-0.4, -0.2) is 212 Å². The van der Waals surface area contributed by atoms with Crippen LogP contribution in [0.4, 0.5) is 4.79 Å². The third kappa shape index (κ3) is 25.2. The van der Waals surface area contributed by atoms with Crippen LogP contribution in [0.25, 0.3) is 0 Å². The van der Waals surface area contributed by atoms with Gasteiger partial charge in [-0.3, -0.25) is 62.5 Å². The molecular formula is C82H125N9O16. The predicted molar refractivity (Wildman–Crippen MR) is 406 cm³/mol. The number of carbonyl (C=O) groups is 12. The Labute approximate surface area is 634 Å². The Kier molecular flexibility index (Phi) is 34.5. The van der Waals surface area contributed by atoms with Gasteiger partial charge in [0.2, 0.25) is 29.5 Å². The summed E-state index contributed by atoms with van der Waals surface area (Å²) >= 11 is 0. The molecule has 25 nitrogen and oxygen atoms in total. The number of nitrogens with one attached hydrogen (secondary N) is 4. The summed E-state index contributed by atoms with van der Waals surface area (Å²) in [5.74, 6) is -7.95. The standard InChI is InChI=1S/C82H125N9O16/c1-17-52(8)75(89(14)80(102)59(50(4)5)46-66(95)74(51(6)7)88(12)13)67(104-15)48-72(99)90-41-25-29-62(90)76(105-16)53(9)63(92)44-57(42-55-26-20-18-21-27-55)78(100)84-39-37-54-31-33-56(34-32-54)43-65(94)61(28-24-38-85-81(83)103)86-79(101)58(49(2)3)45-64(93)60-47-68-77(107-82(10,11)106-68)73(60)87-69(96)30-22-19-23-40-91-70(97)35-36-71(91)98/h18,20-21,26-27,31-36,49-53,57-62,67-68,73-77H,17,19,22-25,28-30,37-48H2,1-16H3,(H,84,100)(H,86,101)(H,87,96)(H3,83,85,103)/t52-,53?,57+,58+,59-,60+,61?,62?,67+,68-,73+,74?,75?,76?,77-/m0/s1. The second-order valence-corrected chi connectivity index (χ2v) is 31.9. The van der Waals surface area contributed by atoms with Crippen molar-refractivity contribution in [1.29, 1.82) is 0 Å². The van der Waals surface area contributed by atoms with Crippen LogP contribution in [-0.2, 0) is 90.9 Å². The topological polar surface area (TPSA) is 329 Å². The normalized spacial score (nSPS) is 21.1. The van der Waals surface area contributed by atoms with Gasteiger partial charge in [0.25, 0.3) is 11.8 Å². The molecule has 0 radical (unpaired) electrons. The molecule has 2 aromatic rings. The Morgan fingerprint density at radius 2 is 1.36 bits per heavy atom. The summed E-state index contributed by atoms with van der Waals surface area (Å²) in [4.78, 5) is 171. The minimum atomic E-state index is -1.000. The smallest absolute Gasteiger partial charge is 0.312 e. The largest absolute Gasteiger partial charge is 0.379 e. The number of urea groups is 1. The molecule has 4 aliphatic rings. The maximum atomic E-state index is 14.7. The molecule has 2 aromatic carbocycles. The Morgan fingerprint density at radius 1 is 0.701 bits per heavy atom. The van der Waals surface area contributed by atoms with E-state index < -0.39 is 95.9 Å². The highest BCUT2D eigenvalue weighted by Crippen LogP contribution is 2.43. The summed E-state index contributed by atoms with van der Waals surface area (Å²) in [6.07, 6.45) is 4.84. The first-order valence-electron chi connectivity index (χ1n) is 38.9. The summed E-state index contributed by atoms with van der Waals surface area (Å²) in [6, 6.07) is 13.1. The number of amides is 9. The fourth-order valence-corrected chi connectivity index (χ4v) is 16.3. The first kappa shape index (κ1) is 88.3. The lowest BCUT2D eigenvalue weighted by atomic mass is 9.83. The molecule has 25 heteroatoms. The maximum Gasteiger partial charge on any atom is 0.312 e. The number of likely N-dealkylation sites (N-methyl/N-ethyl adjacent to an activating group) is 2. The van der Waals surface area contributed by atoms with Gasteiger partial charge >= 0.3 is 6.03 Å². The van der Waals surface area contributed by atoms with E-state index in [1.807, 2.05) is 129 Å². The molecule has 6 unspecified atom stereocenters. The number of hydrogen-bond acceptors (Lipinski definition) is 17. The molecule has 1 saturated carbocycles. The van der Waals surface area contributed by atoms with E-state index in [1.54, 1.807) is 51.8 Å². The molecule has 6 rings (SSSR count). The minimum Gasteiger partial charge on any atom is -0.379 e. The van der Waals surface area contributed by atoms with E-state index in [9.17, 15) is 57.5 Å². The number of likely N-dealkylation sites (tertiary alicyclic amines) is 1. The Balaban J connectivity index is 1.06. The lowest BCUT2D eigenvalue weighted by molar-refractivity contribution is -0.161. The van der Waals surface area contributed by atoms with Crippen molar-refractivity contribution in [2.75, 3.05) is 61.5 Å². The average molecular weight is 1490 g/mol. The van der Waals surface area contributed by atoms with E-state index in [-0.39, 0.29) is 159 Å². The summed E-state index contributed by atoms with van der Waals surface area (Å²) in [5, 5.41) is 11.6. The van der Waals surface area contributed by atoms with Crippen molar-refractivity contribution in [1.82, 2.24) is 40.9 Å². The fourth-order valence-electron chi connectivity index (χ4n) is 16.3. The van der Waals surface area contributed by atoms with Gasteiger partial charge in [0.15, 0.2) is 17.4 Å². The molecule has 3 fully saturated rings. The van der Waals surface area contributed by atoms with Gasteiger partial charge in [-0.05, 0) is 126 Å². The van der Waals surface area contributed by atoms with E-state index in [0.717, 1.165) is 16.0 Å². The summed E-state index contributed by atoms with van der Waals surface area (Å²) in [7, 11) is 8.61. The zero-order valence-corrected chi connectivity index (χ0v) is 66.5. The number of carbonyl (C=O) groups excluding carboxylic acids is 12. The second-order valence-electron chi connectivity index (χ2n) is 31.9. The number of nitrogens with two attached hydrogens (primary N) is 1. The number of imide groups is 1. The first-order valence-corrected chi connectivity index (χ1v) is 38.9. The molecule has 15 atom stereocenters. The first-order chi connectivity index (χ1) is 50.6. The highest BCUT2D eigenvalue weighted by atomic mass is 16.8. The number of ether oxygens (including phenoxy) is 4. The lowest BCUT2D eigenvalue weighted by Gasteiger charge is -2.41. The van der Waals surface area contributed by atoms with E-state index >= 15 is 0 Å². The molecule has 3 heterocycles. The molecule has 3 aliphatic heterocycles. The monoisotopic (exact) mass is 1490 g/mol. The predicted octanol–water partition coefficient (Wildman–Crippen LogP) is 7.69. The molecule has 2 saturated heterocycles. The summed E-state index contributed by atoms with van der Waals surface area (Å²) < 4.78 is 24.7. The van der Waals surface area contributed by atoms with E-state index in [1.165, 1.54) is 12.2 Å². The van der Waals surface area contributed by atoms with Gasteiger partial charge in [-0.1, -0.05) is 130 Å². The fraction of sp³-hybridized carbons (Fsp3) is 0.683. The molecule has 1 aliphatic carbocycles. The molecule has 0 bridgehead atoms. The van der Waals surface area contributed by atoms with E-state index in [0.29, 0.717) is 69.9 Å². The van der Waals surface area contributed by atoms with Gasteiger partial charge in [-0.15, -0.1) is 0 Å². The highest BCUT2D eigenvalue weighted by Gasteiger charge is 2.56. The molecular weight excluding hydrogens is 1370 g/mol. The number of unbranched alkanes of at least 4 members (excludes halogenated alkanes) is 2. The SMILES string of the molecule is CC[C@H](C)C([C@@H](CC(=O)N1CCCC1C(OC)C(C)C(=O)C[C@@H](Cc1ccccc1)C(=O)NCCc1ccc(CC(=O)C(CCCNC(N)=O)NC(=O)[C@H](CC(=O)[C@H]2C[C@@H]3OC(C)(C)O[C@@H]3[C@@H]2NC(=O)CCCCCN2C(=O)C=CC2=O)C(C)C)cc1)OC)N(C)C(=O)[C@@H](CC(=O)C(C(C)C)N(C)C)C(C)C. The van der Waals surface area contributed by atoms with Gasteiger partial charge in [-0.2, -0.15) is 0 Å². The number of ketones is 4. The van der Waals surface area contributed by atoms with Crippen molar-refractivity contribution >= 4 is 70.5 Å². The lowest BCUT2D eigenvalue weighted by Crippen LogP contribution is -2.54. The minimum absolute atomic E-state index is 0.0126. The van der Waals surface area contributed by atoms with Gasteiger partial charge in [0, 0.05) is 121 Å². The molecule has 9 amide bonds. The van der Waals surface area contributed by atoms with Crippen molar-refractivity contribution in [3.8, 4) is 0 Å². The number of benzene rings is 2. The van der Waals surface area contributed by atoms with Crippen LogP contribution < -0.4 is 27.0 Å². The van der Waals surface area contributed by atoms with Crippen LogP contribution >= 0.6 is 0 Å². The number of hydrogen-bond donors (Lipinski definition) is 5. The zero-order chi connectivity index (χ0) is 79.1. The number of fused-ring (bicyclic) bond motifs is 1. The second kappa shape index (κ2) is 41.8. The van der Waals surface area contributed by atoms with Crippen molar-refractivity contribution in [3.63, 3.8) is 0 Å². The van der Waals surface area contributed by atoms with Crippen molar-refractivity contribution in [2.45, 2.75) is 246 Å². The van der Waals surface area contributed by atoms with Crippen LogP contribution in [0.2, 0.25) is 0 Å². The molecule has 6 N–H and O–H groups in total. The van der Waals surface area contributed by atoms with Crippen molar-refractivity contribution in [3.05, 3.63) is 83.4 Å². The third-order valence-electron chi connectivity index (χ3n) is 22.3. The van der Waals surface area contributed by atoms with Gasteiger partial charge < -0.3 is 55.7 Å². The van der Waals surface area contributed by atoms with E-state index in [2.05, 4.69) is 21.3 Å². The number of rotatable bonds is 46. The van der Waals surface area contributed by atoms with Gasteiger partial charge in [0.1, 0.15) is 17.7 Å². The number of nitrogens with zero attached hydrogens (tertiary/aromatic N) is 4. The molecule has 0 spiro atoms. The Hall–Kier alpha value is -7.58. The van der Waals surface area contributed by atoms with Crippen LogP contribution in [0.1, 0.15) is 183 Å². The molecule has 0 aromatic heterocycles. The highest BCUT2D eigenvalue weighted by molar-refractivity contribution is 6.12. The number of methoxy groups -OCH3 is 2. The summed E-state index contributed by atoms with van der Waals surface area (Å²) in [6.45, 7) is 22.1. The van der Waals surface area contributed by atoms with Gasteiger partial charge in [-0.25, -0.2) is 4.79 Å². The average Bonchev–Trinajstić information content (AvgIpc) is 1.61. The zero-order valence-electron chi connectivity index (χ0n) is 66.5. The molecule has 107 heavy (non-hydrogen) atoms. The van der Waals surface area contributed by atoms with Crippen LogP contribution in [0.3, 0.4) is 0 Å². The Bertz CT molecular complexity index is 3350. The maximum absolute atomic E-state index is 14.7. The van der Waals surface area contributed by atoms with E-state index in [4.69, 9.17) is 24.7 Å². The van der Waals surface area contributed by atoms with Gasteiger partial charge in [0.05, 0.1) is 54.9 Å². The summed E-state index contributed by atoms with van der Waals surface area (Å²) in [5.41, 5.74) is 7.76. The number of primary amides is 1. The van der Waals surface area contributed by atoms with Crippen molar-refractivity contribution < 1.29 is 76.5 Å².